The van der Waals surface area contributed by atoms with Crippen molar-refractivity contribution in [1.82, 2.24) is 10.6 Å². The second kappa shape index (κ2) is 6.89. The molecule has 6 nitrogen and oxygen atoms in total. The molecule has 0 aliphatic carbocycles. The van der Waals surface area contributed by atoms with Crippen LogP contribution in [0.2, 0.25) is 10.0 Å². The van der Waals surface area contributed by atoms with Gasteiger partial charge in [0.1, 0.15) is 5.92 Å². The van der Waals surface area contributed by atoms with Crippen molar-refractivity contribution in [3.63, 3.8) is 0 Å². The smallest absolute Gasteiger partial charge is 0.437 e. The molecular weight excluding hydrogens is 388 g/mol. The predicted molar refractivity (Wildman–Crippen MR) is 82.0 cm³/mol. The molecule has 3 N–H and O–H groups in total. The Morgan fingerprint density at radius 2 is 2.04 bits per heavy atom. The summed E-state index contributed by atoms with van der Waals surface area (Å²) in [6.45, 7) is 1.17. The van der Waals surface area contributed by atoms with Crippen LogP contribution in [0.3, 0.4) is 0 Å². The first-order valence-corrected chi connectivity index (χ1v) is 7.76. The van der Waals surface area contributed by atoms with Gasteiger partial charge < -0.3 is 20.5 Å². The van der Waals surface area contributed by atoms with Crippen molar-refractivity contribution in [1.29, 1.82) is 0 Å². The van der Waals surface area contributed by atoms with Gasteiger partial charge in [-0.3, -0.25) is 4.79 Å². The van der Waals surface area contributed by atoms with Crippen molar-refractivity contribution in [3.8, 4) is 0 Å². The van der Waals surface area contributed by atoms with Crippen LogP contribution in [0.4, 0.5) is 18.0 Å². The number of amides is 2. The minimum atomic E-state index is -5.35. The molecule has 1 heterocycles. The molecule has 1 aliphatic heterocycles. The Bertz CT molecular complexity index is 701. The molecule has 1 fully saturated rings. The monoisotopic (exact) mass is 400 g/mol. The molecule has 0 aromatic heterocycles. The second-order valence-electron chi connectivity index (χ2n) is 5.24. The minimum Gasteiger partial charge on any atom is -0.466 e. The Morgan fingerprint density at radius 3 is 2.56 bits per heavy atom. The van der Waals surface area contributed by atoms with Crippen molar-refractivity contribution in [3.05, 3.63) is 33.8 Å². The summed E-state index contributed by atoms with van der Waals surface area (Å²) in [7, 11) is 0. The van der Waals surface area contributed by atoms with Crippen LogP contribution < -0.4 is 10.6 Å². The zero-order valence-electron chi connectivity index (χ0n) is 12.7. The van der Waals surface area contributed by atoms with Gasteiger partial charge in [-0.15, -0.1) is 0 Å². The third-order valence-corrected chi connectivity index (χ3v) is 4.21. The fraction of sp³-hybridized carbons (Fsp3) is 0.429. The Labute approximate surface area is 150 Å². The average Bonchev–Trinajstić information content (AvgIpc) is 2.45. The number of carbonyl (C=O) groups is 2. The molecule has 25 heavy (non-hydrogen) atoms. The van der Waals surface area contributed by atoms with Crippen molar-refractivity contribution in [2.45, 2.75) is 24.9 Å². The fourth-order valence-electron chi connectivity index (χ4n) is 2.55. The largest absolute Gasteiger partial charge is 0.466 e. The van der Waals surface area contributed by atoms with Gasteiger partial charge >= 0.3 is 18.2 Å². The van der Waals surface area contributed by atoms with Crippen molar-refractivity contribution >= 4 is 35.2 Å². The van der Waals surface area contributed by atoms with E-state index in [9.17, 15) is 27.9 Å². The number of esters is 1. The summed E-state index contributed by atoms with van der Waals surface area (Å²) in [6, 6.07) is 0.901. The predicted octanol–water partition coefficient (Wildman–Crippen LogP) is 2.78. The normalized spacial score (nSPS) is 26.6. The lowest BCUT2D eigenvalue weighted by atomic mass is 9.82. The number of rotatable bonds is 3. The van der Waals surface area contributed by atoms with E-state index in [-0.39, 0.29) is 22.2 Å². The maximum Gasteiger partial charge on any atom is 0.437 e. The molecule has 138 valence electrons. The molecule has 1 aromatic rings. The van der Waals surface area contributed by atoms with E-state index in [1.54, 1.807) is 0 Å². The number of ether oxygens (including phenoxy) is 1. The van der Waals surface area contributed by atoms with Crippen LogP contribution in [0, 0.1) is 5.92 Å². The molecule has 0 saturated carbocycles. The Balaban J connectivity index is 2.61. The Kier molecular flexibility index (Phi) is 5.41. The van der Waals surface area contributed by atoms with Gasteiger partial charge in [-0.25, -0.2) is 4.79 Å². The quantitative estimate of drug-likeness (QED) is 0.680. The molecule has 0 bridgehead atoms. The van der Waals surface area contributed by atoms with Crippen LogP contribution in [0.1, 0.15) is 18.5 Å². The standard InChI is InChI=1S/C14H13Cl2F3N2O4/c1-2-25-11(22)9-10(7-4-3-6(15)5-8(7)16)20-12(23)21-13(9,24)14(17,18)19/h3-5,9-10,24H,2H2,1H3,(H2,20,21,23)/t9-,10+,13-/m0/s1. The number of urea groups is 1. The Hall–Kier alpha value is -1.71. The molecule has 11 heteroatoms. The van der Waals surface area contributed by atoms with Crippen LogP contribution in [0.15, 0.2) is 18.2 Å². The molecule has 2 rings (SSSR count). The molecule has 0 spiro atoms. The summed E-state index contributed by atoms with van der Waals surface area (Å²) >= 11 is 11.8. The SMILES string of the molecule is CCOC(=O)[C@@H]1[C@@H](c2ccc(Cl)cc2Cl)NC(=O)N[C@@]1(O)C(F)(F)F. The fourth-order valence-corrected chi connectivity index (χ4v) is 3.08. The molecule has 0 radical (unpaired) electrons. The Morgan fingerprint density at radius 1 is 1.40 bits per heavy atom. The van der Waals surface area contributed by atoms with Gasteiger partial charge in [0.25, 0.3) is 5.72 Å². The number of carbonyl (C=O) groups excluding carboxylic acids is 2. The van der Waals surface area contributed by atoms with Gasteiger partial charge in [-0.1, -0.05) is 29.3 Å². The van der Waals surface area contributed by atoms with Crippen molar-refractivity contribution in [2.75, 3.05) is 6.61 Å². The van der Waals surface area contributed by atoms with E-state index in [4.69, 9.17) is 23.2 Å². The highest BCUT2D eigenvalue weighted by molar-refractivity contribution is 6.35. The lowest BCUT2D eigenvalue weighted by molar-refractivity contribution is -0.294. The lowest BCUT2D eigenvalue weighted by Crippen LogP contribution is -2.73. The van der Waals surface area contributed by atoms with Crippen LogP contribution in [0.5, 0.6) is 0 Å². The molecule has 1 aliphatic rings. The minimum absolute atomic E-state index is 0.0263. The number of aliphatic hydroxyl groups is 1. The maximum atomic E-state index is 13.4. The number of alkyl halides is 3. The number of halogens is 5. The summed E-state index contributed by atoms with van der Waals surface area (Å²) in [5, 5.41) is 13.8. The topological polar surface area (TPSA) is 87.7 Å². The zero-order chi connectivity index (χ0) is 19.0. The van der Waals surface area contributed by atoms with Gasteiger partial charge in [-0.05, 0) is 24.6 Å². The lowest BCUT2D eigenvalue weighted by Gasteiger charge is -2.44. The van der Waals surface area contributed by atoms with E-state index in [1.807, 2.05) is 0 Å². The van der Waals surface area contributed by atoms with Crippen LogP contribution in [0.25, 0.3) is 0 Å². The van der Waals surface area contributed by atoms with E-state index in [1.165, 1.54) is 30.4 Å². The van der Waals surface area contributed by atoms with Crippen molar-refractivity contribution in [2.24, 2.45) is 5.92 Å². The maximum absolute atomic E-state index is 13.4. The third-order valence-electron chi connectivity index (χ3n) is 3.64. The van der Waals surface area contributed by atoms with Gasteiger partial charge in [-0.2, -0.15) is 13.2 Å². The summed E-state index contributed by atoms with van der Waals surface area (Å²) < 4.78 is 45.0. The first-order chi connectivity index (χ1) is 11.5. The number of hydrogen-bond donors (Lipinski definition) is 3. The van der Waals surface area contributed by atoms with E-state index in [2.05, 4.69) is 10.1 Å². The van der Waals surface area contributed by atoms with E-state index in [0.717, 1.165) is 0 Å². The molecular formula is C14H13Cl2F3N2O4. The first kappa shape index (κ1) is 19.6. The number of benzene rings is 1. The third kappa shape index (κ3) is 3.63. The number of hydrogen-bond acceptors (Lipinski definition) is 4. The van der Waals surface area contributed by atoms with Crippen LogP contribution >= 0.6 is 23.2 Å². The average molecular weight is 401 g/mol. The highest BCUT2D eigenvalue weighted by Gasteiger charge is 2.67. The van der Waals surface area contributed by atoms with Gasteiger partial charge in [0.15, 0.2) is 0 Å². The second-order valence-corrected chi connectivity index (χ2v) is 6.08. The summed E-state index contributed by atoms with van der Waals surface area (Å²) in [5.41, 5.74) is -3.86. The van der Waals surface area contributed by atoms with Crippen LogP contribution in [-0.2, 0) is 9.53 Å². The molecule has 2 amide bonds. The van der Waals surface area contributed by atoms with Gasteiger partial charge in [0.05, 0.1) is 12.6 Å². The highest BCUT2D eigenvalue weighted by Crippen LogP contribution is 2.44. The first-order valence-electron chi connectivity index (χ1n) is 7.00. The summed E-state index contributed by atoms with van der Waals surface area (Å²) in [4.78, 5) is 23.9. The van der Waals surface area contributed by atoms with E-state index in [0.29, 0.717) is 0 Å². The summed E-state index contributed by atoms with van der Waals surface area (Å²) in [6.07, 6.45) is -5.35. The molecule has 0 unspecified atom stereocenters. The molecule has 1 saturated heterocycles. The number of nitrogens with one attached hydrogen (secondary N) is 2. The van der Waals surface area contributed by atoms with Crippen LogP contribution in [-0.4, -0.2) is 35.6 Å². The summed E-state index contributed by atoms with van der Waals surface area (Å²) in [5.74, 6) is -3.59. The molecule has 3 atom stereocenters. The molecule has 1 aromatic carbocycles. The zero-order valence-corrected chi connectivity index (χ0v) is 14.2. The highest BCUT2D eigenvalue weighted by atomic mass is 35.5. The van der Waals surface area contributed by atoms with Gasteiger partial charge in [0.2, 0.25) is 0 Å². The van der Waals surface area contributed by atoms with E-state index < -0.39 is 35.9 Å². The van der Waals surface area contributed by atoms with Gasteiger partial charge in [0, 0.05) is 10.0 Å². The van der Waals surface area contributed by atoms with E-state index >= 15 is 0 Å². The van der Waals surface area contributed by atoms with Crippen molar-refractivity contribution < 1.29 is 32.6 Å².